The highest BCUT2D eigenvalue weighted by molar-refractivity contribution is 4.93. The fourth-order valence-corrected chi connectivity index (χ4v) is 1.14. The van der Waals surface area contributed by atoms with Crippen LogP contribution in [0.3, 0.4) is 0 Å². The van der Waals surface area contributed by atoms with Crippen molar-refractivity contribution in [2.75, 3.05) is 20.3 Å². The molecular formula is C7H13FO3. The second kappa shape index (κ2) is 3.05. The molecule has 4 heteroatoms. The van der Waals surface area contributed by atoms with Gasteiger partial charge in [-0.3, -0.25) is 0 Å². The molecule has 0 radical (unpaired) electrons. The standard InChI is InChI=1S/C7H13FO3/c1-7(8)4-11-5(3-10-2)6(7)9/h5-6,9H,3-4H2,1-2H3/t5-,6-,7+/m1/s1. The largest absolute Gasteiger partial charge is 0.387 e. The number of alkyl halides is 1. The van der Waals surface area contributed by atoms with Crippen LogP contribution < -0.4 is 0 Å². The number of ether oxygens (including phenoxy) is 2. The third-order valence-electron chi connectivity index (χ3n) is 1.88. The summed E-state index contributed by atoms with van der Waals surface area (Å²) < 4.78 is 22.9. The topological polar surface area (TPSA) is 38.7 Å². The molecule has 0 saturated carbocycles. The molecule has 1 N–H and O–H groups in total. The van der Waals surface area contributed by atoms with E-state index in [1.807, 2.05) is 0 Å². The molecule has 0 aliphatic carbocycles. The quantitative estimate of drug-likeness (QED) is 0.630. The summed E-state index contributed by atoms with van der Waals surface area (Å²) in [4.78, 5) is 0. The molecule has 0 spiro atoms. The first-order valence-corrected chi connectivity index (χ1v) is 3.55. The molecule has 66 valence electrons. The van der Waals surface area contributed by atoms with Gasteiger partial charge >= 0.3 is 0 Å². The number of rotatable bonds is 2. The fraction of sp³-hybridized carbons (Fsp3) is 1.00. The van der Waals surface area contributed by atoms with Crippen LogP contribution in [0.5, 0.6) is 0 Å². The van der Waals surface area contributed by atoms with Gasteiger partial charge in [0.1, 0.15) is 12.2 Å². The Morgan fingerprint density at radius 2 is 2.45 bits per heavy atom. The van der Waals surface area contributed by atoms with Crippen LogP contribution in [0.1, 0.15) is 6.92 Å². The minimum Gasteiger partial charge on any atom is -0.387 e. The molecule has 0 bridgehead atoms. The number of aliphatic hydroxyl groups excluding tert-OH is 1. The SMILES string of the molecule is COC[C@H]1OC[C@](C)(F)[C@@H]1O. The molecule has 0 aromatic heterocycles. The van der Waals surface area contributed by atoms with Crippen LogP contribution in [0.15, 0.2) is 0 Å². The zero-order valence-corrected chi connectivity index (χ0v) is 6.71. The van der Waals surface area contributed by atoms with Gasteiger partial charge in [-0.05, 0) is 6.92 Å². The summed E-state index contributed by atoms with van der Waals surface area (Å²) in [6, 6.07) is 0. The molecule has 1 saturated heterocycles. The number of halogens is 1. The first kappa shape index (κ1) is 8.90. The zero-order chi connectivity index (χ0) is 8.48. The summed E-state index contributed by atoms with van der Waals surface area (Å²) in [7, 11) is 1.49. The van der Waals surface area contributed by atoms with Crippen molar-refractivity contribution in [3.63, 3.8) is 0 Å². The maximum Gasteiger partial charge on any atom is 0.159 e. The third-order valence-corrected chi connectivity index (χ3v) is 1.88. The van der Waals surface area contributed by atoms with Crippen LogP contribution in [-0.2, 0) is 9.47 Å². The fourth-order valence-electron chi connectivity index (χ4n) is 1.14. The van der Waals surface area contributed by atoms with E-state index in [4.69, 9.17) is 9.47 Å². The minimum atomic E-state index is -1.62. The van der Waals surface area contributed by atoms with E-state index in [0.717, 1.165) is 0 Å². The molecule has 3 nitrogen and oxygen atoms in total. The molecule has 1 rings (SSSR count). The highest BCUT2D eigenvalue weighted by Crippen LogP contribution is 2.27. The summed E-state index contributed by atoms with van der Waals surface area (Å²) in [5, 5.41) is 9.27. The maximum absolute atomic E-state index is 13.1. The predicted molar refractivity (Wildman–Crippen MR) is 37.1 cm³/mol. The van der Waals surface area contributed by atoms with Gasteiger partial charge in [-0.25, -0.2) is 4.39 Å². The van der Waals surface area contributed by atoms with E-state index in [9.17, 15) is 9.50 Å². The highest BCUT2D eigenvalue weighted by atomic mass is 19.1. The maximum atomic E-state index is 13.1. The summed E-state index contributed by atoms with van der Waals surface area (Å²) in [6.07, 6.45) is -1.59. The molecule has 0 aromatic carbocycles. The molecule has 0 amide bonds. The third kappa shape index (κ3) is 1.69. The first-order valence-electron chi connectivity index (χ1n) is 3.55. The van der Waals surface area contributed by atoms with Crippen LogP contribution in [0.25, 0.3) is 0 Å². The Kier molecular flexibility index (Phi) is 2.47. The Morgan fingerprint density at radius 1 is 1.82 bits per heavy atom. The van der Waals surface area contributed by atoms with Gasteiger partial charge in [0, 0.05) is 7.11 Å². The van der Waals surface area contributed by atoms with Crippen LogP contribution in [0.4, 0.5) is 4.39 Å². The molecule has 1 fully saturated rings. The second-order valence-corrected chi connectivity index (χ2v) is 3.03. The van der Waals surface area contributed by atoms with Crippen LogP contribution in [0, 0.1) is 0 Å². The van der Waals surface area contributed by atoms with Crippen molar-refractivity contribution in [1.29, 1.82) is 0 Å². The molecule has 3 atom stereocenters. The Balaban J connectivity index is 2.49. The molecular weight excluding hydrogens is 151 g/mol. The molecule has 0 aromatic rings. The van der Waals surface area contributed by atoms with Crippen LogP contribution in [-0.4, -0.2) is 43.3 Å². The summed E-state index contributed by atoms with van der Waals surface area (Å²) >= 11 is 0. The normalized spacial score (nSPS) is 44.7. The first-order chi connectivity index (χ1) is 5.08. The number of aliphatic hydroxyl groups is 1. The summed E-state index contributed by atoms with van der Waals surface area (Å²) in [5.74, 6) is 0. The number of hydrogen-bond acceptors (Lipinski definition) is 3. The van der Waals surface area contributed by atoms with Crippen molar-refractivity contribution in [3.8, 4) is 0 Å². The lowest BCUT2D eigenvalue weighted by Crippen LogP contribution is -2.38. The Bertz CT molecular complexity index is 138. The molecule has 1 aliphatic heterocycles. The van der Waals surface area contributed by atoms with Crippen molar-refractivity contribution in [2.45, 2.75) is 24.8 Å². The van der Waals surface area contributed by atoms with E-state index >= 15 is 0 Å². The molecule has 0 unspecified atom stereocenters. The van der Waals surface area contributed by atoms with E-state index in [-0.39, 0.29) is 13.2 Å². The summed E-state index contributed by atoms with van der Waals surface area (Å²) in [6.45, 7) is 1.51. The second-order valence-electron chi connectivity index (χ2n) is 3.03. The van der Waals surface area contributed by atoms with E-state index < -0.39 is 17.9 Å². The average molecular weight is 164 g/mol. The average Bonchev–Trinajstić information content (AvgIpc) is 2.17. The number of methoxy groups -OCH3 is 1. The van der Waals surface area contributed by atoms with Gasteiger partial charge in [0.15, 0.2) is 5.67 Å². The highest BCUT2D eigenvalue weighted by Gasteiger charge is 2.45. The van der Waals surface area contributed by atoms with Gasteiger partial charge in [-0.15, -0.1) is 0 Å². The lowest BCUT2D eigenvalue weighted by atomic mass is 10.0. The van der Waals surface area contributed by atoms with Crippen molar-refractivity contribution >= 4 is 0 Å². The molecule has 1 aliphatic rings. The van der Waals surface area contributed by atoms with E-state index in [1.165, 1.54) is 14.0 Å². The Labute approximate surface area is 65.1 Å². The van der Waals surface area contributed by atoms with Gasteiger partial charge in [0.05, 0.1) is 13.2 Å². The van der Waals surface area contributed by atoms with E-state index in [1.54, 1.807) is 0 Å². The number of hydrogen-bond donors (Lipinski definition) is 1. The van der Waals surface area contributed by atoms with Gasteiger partial charge in [-0.2, -0.15) is 0 Å². The lowest BCUT2D eigenvalue weighted by molar-refractivity contribution is -0.0210. The van der Waals surface area contributed by atoms with Crippen molar-refractivity contribution in [3.05, 3.63) is 0 Å². The van der Waals surface area contributed by atoms with Gasteiger partial charge in [0.2, 0.25) is 0 Å². The van der Waals surface area contributed by atoms with Gasteiger partial charge in [0.25, 0.3) is 0 Å². The monoisotopic (exact) mass is 164 g/mol. The molecule has 11 heavy (non-hydrogen) atoms. The van der Waals surface area contributed by atoms with Crippen molar-refractivity contribution in [2.24, 2.45) is 0 Å². The van der Waals surface area contributed by atoms with Crippen LogP contribution in [0.2, 0.25) is 0 Å². The van der Waals surface area contributed by atoms with Crippen LogP contribution >= 0.6 is 0 Å². The zero-order valence-electron chi connectivity index (χ0n) is 6.71. The Morgan fingerprint density at radius 3 is 2.82 bits per heavy atom. The Hall–Kier alpha value is -0.190. The molecule has 1 heterocycles. The lowest BCUT2D eigenvalue weighted by Gasteiger charge is -2.18. The van der Waals surface area contributed by atoms with E-state index in [0.29, 0.717) is 0 Å². The summed E-state index contributed by atoms with van der Waals surface area (Å²) in [5.41, 5.74) is -1.62. The van der Waals surface area contributed by atoms with Gasteiger partial charge < -0.3 is 14.6 Å². The minimum absolute atomic E-state index is 0.0534. The van der Waals surface area contributed by atoms with Gasteiger partial charge in [-0.1, -0.05) is 0 Å². The predicted octanol–water partition coefficient (Wildman–Crippen LogP) is 0.121. The van der Waals surface area contributed by atoms with Crippen molar-refractivity contribution in [1.82, 2.24) is 0 Å². The van der Waals surface area contributed by atoms with E-state index in [2.05, 4.69) is 0 Å². The van der Waals surface area contributed by atoms with Crippen molar-refractivity contribution < 1.29 is 19.0 Å². The smallest absolute Gasteiger partial charge is 0.159 e.